The summed E-state index contributed by atoms with van der Waals surface area (Å²) in [6, 6.07) is 13.4. The second kappa shape index (κ2) is 8.14. The van der Waals surface area contributed by atoms with Crippen LogP contribution in [0.25, 0.3) is 0 Å². The van der Waals surface area contributed by atoms with Gasteiger partial charge in [-0.05, 0) is 48.9 Å². The normalized spacial score (nSPS) is 10.3. The Morgan fingerprint density at radius 2 is 1.77 bits per heavy atom. The summed E-state index contributed by atoms with van der Waals surface area (Å²) in [4.78, 5) is 11.8. The molecule has 0 aromatic heterocycles. The molecule has 0 saturated heterocycles. The number of ether oxygens (including phenoxy) is 1. The molecule has 2 N–H and O–H groups in total. The summed E-state index contributed by atoms with van der Waals surface area (Å²) in [5, 5.41) is 5.80. The first-order chi connectivity index (χ1) is 10.7. The lowest BCUT2D eigenvalue weighted by Crippen LogP contribution is -2.27. The van der Waals surface area contributed by atoms with Crippen LogP contribution in [0.3, 0.4) is 0 Å². The molecule has 0 unspecified atom stereocenters. The third-order valence-electron chi connectivity index (χ3n) is 2.98. The number of benzene rings is 2. The molecule has 0 atom stereocenters. The van der Waals surface area contributed by atoms with E-state index in [9.17, 15) is 9.18 Å². The molecule has 4 nitrogen and oxygen atoms in total. The van der Waals surface area contributed by atoms with Crippen LogP contribution in [-0.2, 0) is 11.3 Å². The van der Waals surface area contributed by atoms with Gasteiger partial charge >= 0.3 is 0 Å². The number of hydrogen-bond donors (Lipinski definition) is 2. The molecule has 0 aliphatic rings. The van der Waals surface area contributed by atoms with E-state index in [-0.39, 0.29) is 18.3 Å². The molecular formula is C17H19FN2O2. The number of rotatable bonds is 7. The van der Waals surface area contributed by atoms with E-state index in [1.54, 1.807) is 24.3 Å². The Bertz CT molecular complexity index is 597. The van der Waals surface area contributed by atoms with E-state index in [0.717, 1.165) is 17.0 Å². The summed E-state index contributed by atoms with van der Waals surface area (Å²) in [5.41, 5.74) is 1.65. The van der Waals surface area contributed by atoms with Gasteiger partial charge in [-0.25, -0.2) is 4.39 Å². The highest BCUT2D eigenvalue weighted by atomic mass is 19.1. The molecule has 0 bridgehead atoms. The van der Waals surface area contributed by atoms with E-state index in [0.29, 0.717) is 13.2 Å². The van der Waals surface area contributed by atoms with Gasteiger partial charge in [0.1, 0.15) is 11.6 Å². The zero-order chi connectivity index (χ0) is 15.8. The fraction of sp³-hybridized carbons (Fsp3) is 0.235. The van der Waals surface area contributed by atoms with Gasteiger partial charge in [-0.15, -0.1) is 0 Å². The number of hydrogen-bond acceptors (Lipinski definition) is 3. The van der Waals surface area contributed by atoms with Crippen molar-refractivity contribution in [3.63, 3.8) is 0 Å². The first-order valence-corrected chi connectivity index (χ1v) is 7.15. The molecule has 0 radical (unpaired) electrons. The molecule has 0 aliphatic carbocycles. The molecule has 22 heavy (non-hydrogen) atoms. The van der Waals surface area contributed by atoms with Gasteiger partial charge in [-0.1, -0.05) is 12.1 Å². The van der Waals surface area contributed by atoms with Crippen molar-refractivity contribution in [2.45, 2.75) is 13.5 Å². The molecule has 2 rings (SSSR count). The van der Waals surface area contributed by atoms with Gasteiger partial charge in [0.25, 0.3) is 0 Å². The number of halogens is 1. The van der Waals surface area contributed by atoms with Crippen LogP contribution in [0.5, 0.6) is 5.75 Å². The fourth-order valence-corrected chi connectivity index (χ4v) is 1.93. The molecule has 2 aromatic rings. The summed E-state index contributed by atoms with van der Waals surface area (Å²) in [6.07, 6.45) is 0. The summed E-state index contributed by atoms with van der Waals surface area (Å²) in [7, 11) is 0. The molecule has 0 heterocycles. The van der Waals surface area contributed by atoms with Gasteiger partial charge in [0.15, 0.2) is 0 Å². The van der Waals surface area contributed by atoms with E-state index in [2.05, 4.69) is 10.6 Å². The van der Waals surface area contributed by atoms with Gasteiger partial charge in [0.2, 0.25) is 5.91 Å². The van der Waals surface area contributed by atoms with E-state index in [1.165, 1.54) is 12.1 Å². The Morgan fingerprint density at radius 1 is 1.09 bits per heavy atom. The summed E-state index contributed by atoms with van der Waals surface area (Å²) in [6.45, 7) is 3.23. The minimum atomic E-state index is -0.267. The SMILES string of the molecule is CCOc1ccc(NC(=O)CNCc2ccc(F)cc2)cc1. The lowest BCUT2D eigenvalue weighted by atomic mass is 10.2. The number of carbonyl (C=O) groups is 1. The highest BCUT2D eigenvalue weighted by Crippen LogP contribution is 2.15. The van der Waals surface area contributed by atoms with Gasteiger partial charge in [0, 0.05) is 12.2 Å². The third kappa shape index (κ3) is 5.18. The predicted octanol–water partition coefficient (Wildman–Crippen LogP) is 2.95. The second-order valence-electron chi connectivity index (χ2n) is 4.74. The molecule has 116 valence electrons. The molecule has 2 aromatic carbocycles. The standard InChI is InChI=1S/C17H19FN2O2/c1-2-22-16-9-7-15(8-10-16)20-17(21)12-19-11-13-3-5-14(18)6-4-13/h3-10,19H,2,11-12H2,1H3,(H,20,21). The minimum Gasteiger partial charge on any atom is -0.494 e. The van der Waals surface area contributed by atoms with Gasteiger partial charge < -0.3 is 15.4 Å². The fourth-order valence-electron chi connectivity index (χ4n) is 1.93. The largest absolute Gasteiger partial charge is 0.494 e. The number of amides is 1. The summed E-state index contributed by atoms with van der Waals surface area (Å²) < 4.78 is 18.1. The van der Waals surface area contributed by atoms with Crippen LogP contribution >= 0.6 is 0 Å². The maximum absolute atomic E-state index is 12.8. The van der Waals surface area contributed by atoms with E-state index in [4.69, 9.17) is 4.74 Å². The molecule has 1 amide bonds. The Kier molecular flexibility index (Phi) is 5.91. The van der Waals surface area contributed by atoms with Crippen LogP contribution in [0.15, 0.2) is 48.5 Å². The molecular weight excluding hydrogens is 283 g/mol. The molecule has 0 spiro atoms. The van der Waals surface area contributed by atoms with Gasteiger partial charge in [-0.3, -0.25) is 4.79 Å². The Labute approximate surface area is 129 Å². The lowest BCUT2D eigenvalue weighted by Gasteiger charge is -2.08. The van der Waals surface area contributed by atoms with Crippen molar-refractivity contribution in [2.75, 3.05) is 18.5 Å². The highest BCUT2D eigenvalue weighted by molar-refractivity contribution is 5.92. The lowest BCUT2D eigenvalue weighted by molar-refractivity contribution is -0.115. The van der Waals surface area contributed by atoms with Crippen molar-refractivity contribution < 1.29 is 13.9 Å². The van der Waals surface area contributed by atoms with Crippen LogP contribution < -0.4 is 15.4 Å². The first-order valence-electron chi connectivity index (χ1n) is 7.15. The average Bonchev–Trinajstić information content (AvgIpc) is 2.51. The van der Waals surface area contributed by atoms with Gasteiger partial charge in [-0.2, -0.15) is 0 Å². The van der Waals surface area contributed by atoms with Crippen molar-refractivity contribution in [3.05, 3.63) is 59.9 Å². The highest BCUT2D eigenvalue weighted by Gasteiger charge is 2.02. The van der Waals surface area contributed by atoms with Crippen LogP contribution in [0.1, 0.15) is 12.5 Å². The third-order valence-corrected chi connectivity index (χ3v) is 2.98. The zero-order valence-electron chi connectivity index (χ0n) is 12.4. The molecule has 0 fully saturated rings. The van der Waals surface area contributed by atoms with Crippen molar-refractivity contribution in [1.29, 1.82) is 0 Å². The van der Waals surface area contributed by atoms with Crippen LogP contribution in [-0.4, -0.2) is 19.1 Å². The van der Waals surface area contributed by atoms with Crippen molar-refractivity contribution in [3.8, 4) is 5.75 Å². The first kappa shape index (κ1) is 16.0. The maximum Gasteiger partial charge on any atom is 0.238 e. The summed E-state index contributed by atoms with van der Waals surface area (Å²) in [5.74, 6) is 0.373. The monoisotopic (exact) mass is 302 g/mol. The van der Waals surface area contributed by atoms with E-state index in [1.807, 2.05) is 19.1 Å². The predicted molar refractivity (Wildman–Crippen MR) is 84.3 cm³/mol. The topological polar surface area (TPSA) is 50.4 Å². The Hall–Kier alpha value is -2.40. The number of nitrogens with one attached hydrogen (secondary N) is 2. The average molecular weight is 302 g/mol. The molecule has 5 heteroatoms. The smallest absolute Gasteiger partial charge is 0.238 e. The quantitative estimate of drug-likeness (QED) is 0.827. The van der Waals surface area contributed by atoms with Gasteiger partial charge in [0.05, 0.1) is 13.2 Å². The van der Waals surface area contributed by atoms with Crippen molar-refractivity contribution >= 4 is 11.6 Å². The van der Waals surface area contributed by atoms with Crippen LogP contribution in [0, 0.1) is 5.82 Å². The van der Waals surface area contributed by atoms with E-state index >= 15 is 0 Å². The Balaban J connectivity index is 1.74. The summed E-state index contributed by atoms with van der Waals surface area (Å²) >= 11 is 0. The molecule has 0 aliphatic heterocycles. The second-order valence-corrected chi connectivity index (χ2v) is 4.74. The minimum absolute atomic E-state index is 0.133. The van der Waals surface area contributed by atoms with Crippen LogP contribution in [0.4, 0.5) is 10.1 Å². The van der Waals surface area contributed by atoms with Crippen molar-refractivity contribution in [1.82, 2.24) is 5.32 Å². The number of carbonyl (C=O) groups excluding carboxylic acids is 1. The van der Waals surface area contributed by atoms with E-state index < -0.39 is 0 Å². The maximum atomic E-state index is 12.8. The molecule has 0 saturated carbocycles. The zero-order valence-corrected chi connectivity index (χ0v) is 12.4. The number of anilines is 1. The van der Waals surface area contributed by atoms with Crippen molar-refractivity contribution in [2.24, 2.45) is 0 Å². The Morgan fingerprint density at radius 3 is 2.41 bits per heavy atom. The van der Waals surface area contributed by atoms with Crippen LogP contribution in [0.2, 0.25) is 0 Å².